The zero-order valence-corrected chi connectivity index (χ0v) is 19.2. The Morgan fingerprint density at radius 3 is 2.29 bits per heavy atom. The lowest BCUT2D eigenvalue weighted by Gasteiger charge is -2.09. The van der Waals surface area contributed by atoms with Gasteiger partial charge < -0.3 is 9.30 Å². The molecule has 0 bridgehead atoms. The predicted molar refractivity (Wildman–Crippen MR) is 131 cm³/mol. The van der Waals surface area contributed by atoms with Crippen molar-refractivity contribution in [1.29, 1.82) is 0 Å². The summed E-state index contributed by atoms with van der Waals surface area (Å²) in [6.07, 6.45) is 0.840. The molecule has 0 aliphatic carbocycles. The summed E-state index contributed by atoms with van der Waals surface area (Å²) in [6.45, 7) is 4.71. The van der Waals surface area contributed by atoms with Crippen molar-refractivity contribution in [3.63, 3.8) is 0 Å². The molecule has 1 aromatic heterocycles. The summed E-state index contributed by atoms with van der Waals surface area (Å²) >= 11 is 0. The summed E-state index contributed by atoms with van der Waals surface area (Å²) in [5.41, 5.74) is 4.59. The molecule has 0 spiro atoms. The third-order valence-electron chi connectivity index (χ3n) is 5.93. The summed E-state index contributed by atoms with van der Waals surface area (Å²) in [4.78, 5) is 35.4. The maximum Gasteiger partial charge on any atom is 0.305 e. The number of hydrogen-bond donors (Lipinski definition) is 0. The number of benzene rings is 3. The van der Waals surface area contributed by atoms with Crippen LogP contribution in [0.15, 0.2) is 60.7 Å². The normalized spacial score (nSPS) is 11.1. The largest absolute Gasteiger partial charge is 0.466 e. The van der Waals surface area contributed by atoms with Crippen LogP contribution in [0.2, 0.25) is 0 Å². The highest BCUT2D eigenvalue weighted by molar-refractivity contribution is 6.11. The minimum absolute atomic E-state index is 0.00746. The highest BCUT2D eigenvalue weighted by Gasteiger charge is 2.17. The summed E-state index contributed by atoms with van der Waals surface area (Å²) < 4.78 is 7.03. The van der Waals surface area contributed by atoms with E-state index in [4.69, 9.17) is 4.74 Å². The highest BCUT2D eigenvalue weighted by Crippen LogP contribution is 2.33. The monoisotopic (exact) mass is 458 g/mol. The number of ketones is 1. The first-order chi connectivity index (χ1) is 16.4. The molecule has 0 fully saturated rings. The van der Waals surface area contributed by atoms with Crippen LogP contribution in [0.25, 0.3) is 21.8 Å². The second kappa shape index (κ2) is 9.87. The Bertz CT molecular complexity index is 1390. The number of nitrogens with zero attached hydrogens (tertiary/aromatic N) is 2. The second-order valence-corrected chi connectivity index (χ2v) is 8.34. The number of hydrogen-bond acceptors (Lipinski definition) is 5. The summed E-state index contributed by atoms with van der Waals surface area (Å²) in [5.74, 6) is -0.381. The Morgan fingerprint density at radius 2 is 1.62 bits per heavy atom. The summed E-state index contributed by atoms with van der Waals surface area (Å²) in [6, 6.07) is 18.6. The number of ether oxygens (including phenoxy) is 1. The molecule has 7 heteroatoms. The van der Waals surface area contributed by atoms with Crippen LogP contribution in [0.1, 0.15) is 47.7 Å². The average molecular weight is 459 g/mol. The number of nitro benzene ring substituents is 1. The molecule has 0 aliphatic heterocycles. The molecule has 34 heavy (non-hydrogen) atoms. The maximum atomic E-state index is 12.8. The van der Waals surface area contributed by atoms with Gasteiger partial charge in [0.15, 0.2) is 5.78 Å². The van der Waals surface area contributed by atoms with Crippen molar-refractivity contribution in [3.05, 3.63) is 87.5 Å². The van der Waals surface area contributed by atoms with Crippen LogP contribution < -0.4 is 0 Å². The standard InChI is InChI=1S/C27H26N2O5/c1-3-34-27(31)6-4-5-26(30)20-11-13-24-22(15-20)23-16-21(29(32)33)12-14-25(23)28(24)17-19-9-7-18(2)8-10-19/h7-16H,3-6,17H2,1-2H3. The van der Waals surface area contributed by atoms with Gasteiger partial charge in [-0.1, -0.05) is 29.8 Å². The fourth-order valence-corrected chi connectivity index (χ4v) is 4.20. The Labute approximate surface area is 197 Å². The fourth-order valence-electron chi connectivity index (χ4n) is 4.20. The molecule has 4 aromatic rings. The number of non-ortho nitro benzene ring substituents is 1. The van der Waals surface area contributed by atoms with Crippen molar-refractivity contribution in [2.75, 3.05) is 6.61 Å². The number of aromatic nitrogens is 1. The molecule has 0 N–H and O–H groups in total. The van der Waals surface area contributed by atoms with Crippen molar-refractivity contribution in [2.24, 2.45) is 0 Å². The molecule has 0 aliphatic rings. The van der Waals surface area contributed by atoms with Crippen molar-refractivity contribution < 1.29 is 19.2 Å². The van der Waals surface area contributed by atoms with E-state index in [-0.39, 0.29) is 30.3 Å². The van der Waals surface area contributed by atoms with Gasteiger partial charge in [-0.25, -0.2) is 0 Å². The van der Waals surface area contributed by atoms with E-state index in [1.807, 2.05) is 13.0 Å². The Morgan fingerprint density at radius 1 is 0.941 bits per heavy atom. The van der Waals surface area contributed by atoms with Crippen LogP contribution in [-0.2, 0) is 16.1 Å². The topological polar surface area (TPSA) is 91.4 Å². The molecule has 0 atom stereocenters. The Hall–Kier alpha value is -4.00. The second-order valence-electron chi connectivity index (χ2n) is 8.34. The van der Waals surface area contributed by atoms with Gasteiger partial charge in [-0.15, -0.1) is 0 Å². The van der Waals surface area contributed by atoms with Gasteiger partial charge in [-0.05, 0) is 50.1 Å². The van der Waals surface area contributed by atoms with Gasteiger partial charge in [-0.3, -0.25) is 19.7 Å². The van der Waals surface area contributed by atoms with E-state index in [1.54, 1.807) is 31.2 Å². The molecule has 0 radical (unpaired) electrons. The lowest BCUT2D eigenvalue weighted by atomic mass is 10.0. The molecular weight excluding hydrogens is 432 g/mol. The van der Waals surface area contributed by atoms with Crippen LogP contribution in [0.5, 0.6) is 0 Å². The molecule has 0 saturated heterocycles. The van der Waals surface area contributed by atoms with Crippen LogP contribution in [0, 0.1) is 17.0 Å². The number of carbonyl (C=O) groups excluding carboxylic acids is 2. The highest BCUT2D eigenvalue weighted by atomic mass is 16.6. The first-order valence-electron chi connectivity index (χ1n) is 11.3. The third kappa shape index (κ3) is 4.83. The summed E-state index contributed by atoms with van der Waals surface area (Å²) in [7, 11) is 0. The van der Waals surface area contributed by atoms with Crippen LogP contribution >= 0.6 is 0 Å². The number of fused-ring (bicyclic) bond motifs is 3. The van der Waals surface area contributed by atoms with Gasteiger partial charge in [0.2, 0.25) is 0 Å². The quantitative estimate of drug-likeness (QED) is 0.133. The van der Waals surface area contributed by atoms with Crippen LogP contribution in [-0.4, -0.2) is 27.8 Å². The Balaban J connectivity index is 1.72. The third-order valence-corrected chi connectivity index (χ3v) is 5.93. The van der Waals surface area contributed by atoms with Crippen molar-refractivity contribution in [3.8, 4) is 0 Å². The molecule has 3 aromatic carbocycles. The van der Waals surface area contributed by atoms with Gasteiger partial charge in [0.25, 0.3) is 5.69 Å². The van der Waals surface area contributed by atoms with Crippen molar-refractivity contribution >= 4 is 39.2 Å². The first-order valence-corrected chi connectivity index (χ1v) is 11.3. The van der Waals surface area contributed by atoms with Gasteiger partial charge in [-0.2, -0.15) is 0 Å². The van der Waals surface area contributed by atoms with E-state index < -0.39 is 4.92 Å². The SMILES string of the molecule is CCOC(=O)CCCC(=O)c1ccc2c(c1)c1cc([N+](=O)[O-])ccc1n2Cc1ccc(C)cc1. The number of aryl methyl sites for hydroxylation is 1. The van der Waals surface area contributed by atoms with E-state index in [2.05, 4.69) is 28.8 Å². The van der Waals surface area contributed by atoms with Crippen LogP contribution in [0.3, 0.4) is 0 Å². The van der Waals surface area contributed by atoms with Crippen LogP contribution in [0.4, 0.5) is 5.69 Å². The number of carbonyl (C=O) groups is 2. The van der Waals surface area contributed by atoms with E-state index in [1.165, 1.54) is 11.6 Å². The van der Waals surface area contributed by atoms with Crippen molar-refractivity contribution in [2.45, 2.75) is 39.7 Å². The van der Waals surface area contributed by atoms with E-state index >= 15 is 0 Å². The first kappa shape index (κ1) is 23.2. The molecule has 7 nitrogen and oxygen atoms in total. The molecule has 174 valence electrons. The number of nitro groups is 1. The van der Waals surface area contributed by atoms with Gasteiger partial charge in [0.05, 0.1) is 11.5 Å². The zero-order chi connectivity index (χ0) is 24.2. The molecule has 0 unspecified atom stereocenters. The number of rotatable bonds is 9. The molecule has 1 heterocycles. The molecule has 4 rings (SSSR count). The predicted octanol–water partition coefficient (Wildman–Crippen LogP) is 5.98. The maximum absolute atomic E-state index is 12.8. The number of Topliss-reactive ketones (excluding diaryl/α,β-unsaturated/α-hetero) is 1. The van der Waals surface area contributed by atoms with E-state index in [0.29, 0.717) is 25.1 Å². The fraction of sp³-hybridized carbons (Fsp3) is 0.259. The lowest BCUT2D eigenvalue weighted by Crippen LogP contribution is -2.06. The van der Waals surface area contributed by atoms with Gasteiger partial charge in [0.1, 0.15) is 0 Å². The minimum atomic E-state index is -0.410. The zero-order valence-electron chi connectivity index (χ0n) is 19.2. The molecule has 0 amide bonds. The van der Waals surface area contributed by atoms with Gasteiger partial charge in [0, 0.05) is 58.9 Å². The Kier molecular flexibility index (Phi) is 6.72. The average Bonchev–Trinajstić information content (AvgIpc) is 3.13. The smallest absolute Gasteiger partial charge is 0.305 e. The molecular formula is C27H26N2O5. The minimum Gasteiger partial charge on any atom is -0.466 e. The van der Waals surface area contributed by atoms with E-state index in [0.717, 1.165) is 27.4 Å². The van der Waals surface area contributed by atoms with E-state index in [9.17, 15) is 19.7 Å². The van der Waals surface area contributed by atoms with Gasteiger partial charge >= 0.3 is 5.97 Å². The number of esters is 1. The summed E-state index contributed by atoms with van der Waals surface area (Å²) in [5, 5.41) is 12.9. The lowest BCUT2D eigenvalue weighted by molar-refractivity contribution is -0.384. The van der Waals surface area contributed by atoms with Crippen molar-refractivity contribution in [1.82, 2.24) is 4.57 Å². The molecule has 0 saturated carbocycles.